The molecule has 0 unspecified atom stereocenters. The van der Waals surface area contributed by atoms with E-state index in [1.54, 1.807) is 0 Å². The van der Waals surface area contributed by atoms with Gasteiger partial charge in [0.05, 0.1) is 0 Å². The largest absolute Gasteiger partial charge is 0.338 e. The van der Waals surface area contributed by atoms with Gasteiger partial charge in [0.15, 0.2) is 0 Å². The fourth-order valence-corrected chi connectivity index (χ4v) is 2.54. The van der Waals surface area contributed by atoms with E-state index in [4.69, 9.17) is 0 Å². The van der Waals surface area contributed by atoms with Crippen LogP contribution in [0.25, 0.3) is 0 Å². The quantitative estimate of drug-likeness (QED) is 0.789. The van der Waals surface area contributed by atoms with Crippen LogP contribution in [0.4, 0.5) is 4.79 Å². The molecule has 106 valence electrons. The van der Waals surface area contributed by atoms with E-state index in [0.717, 1.165) is 45.6 Å². The second kappa shape index (κ2) is 7.62. The van der Waals surface area contributed by atoms with Gasteiger partial charge in [-0.05, 0) is 31.8 Å². The van der Waals surface area contributed by atoms with Crippen molar-refractivity contribution in [2.24, 2.45) is 5.92 Å². The molecule has 0 aromatic heterocycles. The van der Waals surface area contributed by atoms with Crippen LogP contribution in [0.2, 0.25) is 0 Å². The van der Waals surface area contributed by atoms with Gasteiger partial charge >= 0.3 is 6.03 Å². The number of amides is 2. The standard InChI is InChI=1S/C14H29N3O/c1-5-16(6-2)13-8-10-17(11-13)14(18)15-9-7-12(3)4/h12-13H,5-11H2,1-4H3,(H,15,18)/t13-/m0/s1. The van der Waals surface area contributed by atoms with Gasteiger partial charge in [0.2, 0.25) is 0 Å². The first-order valence-corrected chi connectivity index (χ1v) is 7.35. The lowest BCUT2D eigenvalue weighted by molar-refractivity contribution is 0.192. The molecule has 1 atom stereocenters. The van der Waals surface area contributed by atoms with Gasteiger partial charge in [0, 0.05) is 25.7 Å². The minimum absolute atomic E-state index is 0.116. The predicted molar refractivity (Wildman–Crippen MR) is 75.8 cm³/mol. The molecular weight excluding hydrogens is 226 g/mol. The molecule has 4 nitrogen and oxygen atoms in total. The van der Waals surface area contributed by atoms with Crippen molar-refractivity contribution in [1.29, 1.82) is 0 Å². The Balaban J connectivity index is 2.30. The molecule has 4 heteroatoms. The average molecular weight is 255 g/mol. The molecule has 0 aliphatic carbocycles. The highest BCUT2D eigenvalue weighted by Gasteiger charge is 2.28. The zero-order chi connectivity index (χ0) is 13.5. The summed E-state index contributed by atoms with van der Waals surface area (Å²) < 4.78 is 0. The minimum atomic E-state index is 0.116. The number of carbonyl (C=O) groups excluding carboxylic acids is 1. The molecule has 1 aliphatic heterocycles. The van der Waals surface area contributed by atoms with Crippen LogP contribution in [-0.2, 0) is 0 Å². The molecule has 18 heavy (non-hydrogen) atoms. The first kappa shape index (κ1) is 15.3. The highest BCUT2D eigenvalue weighted by Crippen LogP contribution is 2.15. The van der Waals surface area contributed by atoms with Crippen LogP contribution in [0.15, 0.2) is 0 Å². The predicted octanol–water partition coefficient (Wildman–Crippen LogP) is 2.16. The summed E-state index contributed by atoms with van der Waals surface area (Å²) in [4.78, 5) is 16.4. The lowest BCUT2D eigenvalue weighted by Crippen LogP contribution is -2.42. The van der Waals surface area contributed by atoms with Gasteiger partial charge in [-0.25, -0.2) is 4.79 Å². The molecular formula is C14H29N3O. The summed E-state index contributed by atoms with van der Waals surface area (Å²) in [6.07, 6.45) is 2.17. The number of likely N-dealkylation sites (N-methyl/N-ethyl adjacent to an activating group) is 1. The number of likely N-dealkylation sites (tertiary alicyclic amines) is 1. The number of nitrogens with one attached hydrogen (secondary N) is 1. The minimum Gasteiger partial charge on any atom is -0.338 e. The Morgan fingerprint density at radius 3 is 2.61 bits per heavy atom. The van der Waals surface area contributed by atoms with Gasteiger partial charge in [-0.15, -0.1) is 0 Å². The van der Waals surface area contributed by atoms with Crippen LogP contribution in [-0.4, -0.2) is 54.6 Å². The van der Waals surface area contributed by atoms with E-state index >= 15 is 0 Å². The number of hydrogen-bond donors (Lipinski definition) is 1. The van der Waals surface area contributed by atoms with Gasteiger partial charge < -0.3 is 10.2 Å². The summed E-state index contributed by atoms with van der Waals surface area (Å²) in [5.41, 5.74) is 0. The van der Waals surface area contributed by atoms with Crippen LogP contribution >= 0.6 is 0 Å². The average Bonchev–Trinajstić information content (AvgIpc) is 2.79. The Morgan fingerprint density at radius 1 is 1.39 bits per heavy atom. The second-order valence-electron chi connectivity index (χ2n) is 5.52. The third kappa shape index (κ3) is 4.48. The van der Waals surface area contributed by atoms with Crippen molar-refractivity contribution in [3.63, 3.8) is 0 Å². The number of urea groups is 1. The lowest BCUT2D eigenvalue weighted by Gasteiger charge is -2.26. The van der Waals surface area contributed by atoms with E-state index in [9.17, 15) is 4.79 Å². The maximum atomic E-state index is 12.0. The summed E-state index contributed by atoms with van der Waals surface area (Å²) in [6.45, 7) is 13.5. The Hall–Kier alpha value is -0.770. The zero-order valence-corrected chi connectivity index (χ0v) is 12.4. The molecule has 0 spiro atoms. The summed E-state index contributed by atoms with van der Waals surface area (Å²) in [5.74, 6) is 0.646. The van der Waals surface area contributed by atoms with Crippen molar-refractivity contribution < 1.29 is 4.79 Å². The number of nitrogens with zero attached hydrogens (tertiary/aromatic N) is 2. The van der Waals surface area contributed by atoms with Crippen LogP contribution in [0.5, 0.6) is 0 Å². The van der Waals surface area contributed by atoms with Gasteiger partial charge in [0.1, 0.15) is 0 Å². The molecule has 1 heterocycles. The van der Waals surface area contributed by atoms with E-state index in [2.05, 4.69) is 37.9 Å². The first-order chi connectivity index (χ1) is 8.58. The number of hydrogen-bond acceptors (Lipinski definition) is 2. The molecule has 1 fully saturated rings. The van der Waals surface area contributed by atoms with E-state index in [0.29, 0.717) is 12.0 Å². The van der Waals surface area contributed by atoms with Crippen molar-refractivity contribution >= 4 is 6.03 Å². The van der Waals surface area contributed by atoms with E-state index < -0.39 is 0 Å². The molecule has 0 aromatic carbocycles. The van der Waals surface area contributed by atoms with E-state index in [1.165, 1.54) is 0 Å². The Bertz CT molecular complexity index is 251. The molecule has 1 aliphatic rings. The van der Waals surface area contributed by atoms with Gasteiger partial charge in [-0.1, -0.05) is 27.7 Å². The summed E-state index contributed by atoms with van der Waals surface area (Å²) >= 11 is 0. The lowest BCUT2D eigenvalue weighted by atomic mass is 10.1. The molecule has 0 bridgehead atoms. The second-order valence-corrected chi connectivity index (χ2v) is 5.52. The van der Waals surface area contributed by atoms with E-state index in [-0.39, 0.29) is 6.03 Å². The Labute approximate surface area is 112 Å². The zero-order valence-electron chi connectivity index (χ0n) is 12.4. The molecule has 1 saturated heterocycles. The smallest absolute Gasteiger partial charge is 0.317 e. The van der Waals surface area contributed by atoms with Crippen molar-refractivity contribution in [3.05, 3.63) is 0 Å². The Morgan fingerprint density at radius 2 is 2.06 bits per heavy atom. The molecule has 1 rings (SSSR count). The number of carbonyl (C=O) groups is 1. The topological polar surface area (TPSA) is 35.6 Å². The van der Waals surface area contributed by atoms with Crippen molar-refractivity contribution in [3.8, 4) is 0 Å². The SMILES string of the molecule is CCN(CC)[C@H]1CCN(C(=O)NCCC(C)C)C1. The molecule has 2 amide bonds. The number of rotatable bonds is 6. The Kier molecular flexibility index (Phi) is 6.47. The fourth-order valence-electron chi connectivity index (χ4n) is 2.54. The van der Waals surface area contributed by atoms with Crippen molar-refractivity contribution in [2.45, 2.75) is 46.6 Å². The highest BCUT2D eigenvalue weighted by molar-refractivity contribution is 5.74. The van der Waals surface area contributed by atoms with Crippen LogP contribution in [0, 0.1) is 5.92 Å². The summed E-state index contributed by atoms with van der Waals surface area (Å²) in [7, 11) is 0. The summed E-state index contributed by atoms with van der Waals surface area (Å²) in [5, 5.41) is 3.02. The van der Waals surface area contributed by atoms with Crippen molar-refractivity contribution in [2.75, 3.05) is 32.7 Å². The first-order valence-electron chi connectivity index (χ1n) is 7.35. The molecule has 0 radical (unpaired) electrons. The van der Waals surface area contributed by atoms with Crippen molar-refractivity contribution in [1.82, 2.24) is 15.1 Å². The third-order valence-electron chi connectivity index (χ3n) is 3.78. The molecule has 1 N–H and O–H groups in total. The summed E-state index contributed by atoms with van der Waals surface area (Å²) in [6, 6.07) is 0.668. The van der Waals surface area contributed by atoms with Gasteiger partial charge in [0.25, 0.3) is 0 Å². The molecule has 0 aromatic rings. The third-order valence-corrected chi connectivity index (χ3v) is 3.78. The maximum absolute atomic E-state index is 12.0. The van der Waals surface area contributed by atoms with Gasteiger partial charge in [-0.2, -0.15) is 0 Å². The fraction of sp³-hybridized carbons (Fsp3) is 0.929. The highest BCUT2D eigenvalue weighted by atomic mass is 16.2. The maximum Gasteiger partial charge on any atom is 0.317 e. The van der Waals surface area contributed by atoms with E-state index in [1.807, 2.05) is 4.90 Å². The van der Waals surface area contributed by atoms with Gasteiger partial charge in [-0.3, -0.25) is 4.90 Å². The monoisotopic (exact) mass is 255 g/mol. The van der Waals surface area contributed by atoms with Crippen LogP contribution < -0.4 is 5.32 Å². The van der Waals surface area contributed by atoms with Crippen LogP contribution in [0.3, 0.4) is 0 Å². The normalized spacial score (nSPS) is 19.9. The van der Waals surface area contributed by atoms with Crippen LogP contribution in [0.1, 0.15) is 40.5 Å². The molecule has 0 saturated carbocycles.